The number of nitrogens with one attached hydrogen (secondary N) is 1. The van der Waals surface area contributed by atoms with Gasteiger partial charge in [-0.05, 0) is 31.5 Å². The highest BCUT2D eigenvalue weighted by Gasteiger charge is 2.26. The number of aliphatic carboxylic acids is 1. The van der Waals surface area contributed by atoms with Gasteiger partial charge in [-0.2, -0.15) is 0 Å². The number of para-hydroxylation sites is 1. The first-order chi connectivity index (χ1) is 8.50. The van der Waals surface area contributed by atoms with Crippen LogP contribution in [-0.2, 0) is 11.3 Å². The van der Waals surface area contributed by atoms with Crippen molar-refractivity contribution >= 4 is 16.9 Å². The Bertz CT molecular complexity index is 574. The third-order valence-electron chi connectivity index (χ3n) is 2.99. The summed E-state index contributed by atoms with van der Waals surface area (Å²) in [6, 6.07) is 9.74. The summed E-state index contributed by atoms with van der Waals surface area (Å²) in [4.78, 5) is 15.3. The highest BCUT2D eigenvalue weighted by Crippen LogP contribution is 2.16. The van der Waals surface area contributed by atoms with Crippen LogP contribution in [0.4, 0.5) is 0 Å². The van der Waals surface area contributed by atoms with Crippen molar-refractivity contribution in [2.24, 2.45) is 0 Å². The first kappa shape index (κ1) is 12.5. The molecule has 4 heteroatoms. The van der Waals surface area contributed by atoms with Crippen LogP contribution in [-0.4, -0.2) is 21.6 Å². The molecule has 1 aromatic heterocycles. The molecule has 0 atom stereocenters. The lowest BCUT2D eigenvalue weighted by Gasteiger charge is -2.21. The molecule has 94 valence electrons. The van der Waals surface area contributed by atoms with E-state index in [1.54, 1.807) is 20.0 Å². The normalized spacial score (nSPS) is 11.7. The minimum Gasteiger partial charge on any atom is -0.480 e. The van der Waals surface area contributed by atoms with Crippen LogP contribution in [0.25, 0.3) is 10.9 Å². The molecule has 1 aromatic carbocycles. The number of aromatic nitrogens is 1. The van der Waals surface area contributed by atoms with Gasteiger partial charge in [-0.15, -0.1) is 0 Å². The molecular formula is C14H16N2O2. The topological polar surface area (TPSA) is 62.2 Å². The lowest BCUT2D eigenvalue weighted by molar-refractivity contribution is -0.143. The molecule has 0 aliphatic heterocycles. The van der Waals surface area contributed by atoms with Crippen molar-refractivity contribution in [3.63, 3.8) is 0 Å². The number of pyridine rings is 1. The van der Waals surface area contributed by atoms with Crippen molar-refractivity contribution in [2.45, 2.75) is 25.9 Å². The van der Waals surface area contributed by atoms with Crippen molar-refractivity contribution in [1.29, 1.82) is 0 Å². The Balaban J connectivity index is 2.25. The molecule has 0 fully saturated rings. The maximum absolute atomic E-state index is 11.0. The number of carboxylic acids is 1. The first-order valence-corrected chi connectivity index (χ1v) is 5.82. The Morgan fingerprint density at radius 3 is 2.78 bits per heavy atom. The Hall–Kier alpha value is -1.94. The molecule has 0 amide bonds. The van der Waals surface area contributed by atoms with Gasteiger partial charge in [0.05, 0.1) is 5.52 Å². The number of hydrogen-bond donors (Lipinski definition) is 2. The van der Waals surface area contributed by atoms with Gasteiger partial charge in [0.2, 0.25) is 0 Å². The number of benzene rings is 1. The van der Waals surface area contributed by atoms with Crippen molar-refractivity contribution in [2.75, 3.05) is 0 Å². The fraction of sp³-hybridized carbons (Fsp3) is 0.286. The van der Waals surface area contributed by atoms with Crippen molar-refractivity contribution in [3.8, 4) is 0 Å². The smallest absolute Gasteiger partial charge is 0.323 e. The summed E-state index contributed by atoms with van der Waals surface area (Å²) in [5.74, 6) is -0.860. The number of carbonyl (C=O) groups is 1. The van der Waals surface area contributed by atoms with Crippen LogP contribution >= 0.6 is 0 Å². The number of nitrogens with zero attached hydrogens (tertiary/aromatic N) is 1. The summed E-state index contributed by atoms with van der Waals surface area (Å²) < 4.78 is 0. The van der Waals surface area contributed by atoms with Crippen LogP contribution in [0.3, 0.4) is 0 Å². The number of hydrogen-bond acceptors (Lipinski definition) is 3. The van der Waals surface area contributed by atoms with Gasteiger partial charge in [-0.25, -0.2) is 0 Å². The van der Waals surface area contributed by atoms with E-state index in [9.17, 15) is 4.79 Å². The molecule has 0 bridgehead atoms. The zero-order valence-corrected chi connectivity index (χ0v) is 10.5. The summed E-state index contributed by atoms with van der Waals surface area (Å²) in [6.07, 6.45) is 1.74. The first-order valence-electron chi connectivity index (χ1n) is 5.82. The fourth-order valence-corrected chi connectivity index (χ4v) is 1.70. The Morgan fingerprint density at radius 2 is 2.06 bits per heavy atom. The van der Waals surface area contributed by atoms with E-state index in [0.29, 0.717) is 6.54 Å². The summed E-state index contributed by atoms with van der Waals surface area (Å²) in [5.41, 5.74) is 1.03. The molecular weight excluding hydrogens is 228 g/mol. The molecule has 0 saturated heterocycles. The van der Waals surface area contributed by atoms with Crippen molar-refractivity contribution < 1.29 is 9.90 Å². The molecule has 2 aromatic rings. The maximum atomic E-state index is 11.0. The predicted molar refractivity (Wildman–Crippen MR) is 70.3 cm³/mol. The Kier molecular flexibility index (Phi) is 3.30. The minimum atomic E-state index is -0.940. The number of fused-ring (bicyclic) bond motifs is 1. The molecule has 1 heterocycles. The summed E-state index contributed by atoms with van der Waals surface area (Å²) >= 11 is 0. The van der Waals surface area contributed by atoms with E-state index in [2.05, 4.69) is 10.3 Å². The lowest BCUT2D eigenvalue weighted by Crippen LogP contribution is -2.46. The van der Waals surface area contributed by atoms with E-state index >= 15 is 0 Å². The van der Waals surface area contributed by atoms with Gasteiger partial charge >= 0.3 is 5.97 Å². The lowest BCUT2D eigenvalue weighted by atomic mass is 10.0. The van der Waals surface area contributed by atoms with Gasteiger partial charge < -0.3 is 5.11 Å². The average Bonchev–Trinajstić information content (AvgIpc) is 2.36. The van der Waals surface area contributed by atoms with Crippen molar-refractivity contribution in [1.82, 2.24) is 10.3 Å². The van der Waals surface area contributed by atoms with Crippen LogP contribution < -0.4 is 5.32 Å². The van der Waals surface area contributed by atoms with Crippen LogP contribution in [0.2, 0.25) is 0 Å². The highest BCUT2D eigenvalue weighted by molar-refractivity contribution is 5.82. The van der Waals surface area contributed by atoms with Gasteiger partial charge in [0.15, 0.2) is 0 Å². The molecule has 0 aliphatic rings. The van der Waals surface area contributed by atoms with E-state index in [1.165, 1.54) is 0 Å². The van der Waals surface area contributed by atoms with Gasteiger partial charge in [-0.1, -0.05) is 18.2 Å². The summed E-state index contributed by atoms with van der Waals surface area (Å²) in [5, 5.41) is 13.1. The van der Waals surface area contributed by atoms with Gasteiger partial charge in [0.1, 0.15) is 5.54 Å². The second kappa shape index (κ2) is 4.74. The average molecular weight is 244 g/mol. The SMILES string of the molecule is CC(C)(NCc1ccnc2ccccc12)C(=O)O. The van der Waals surface area contributed by atoms with Crippen LogP contribution in [0, 0.1) is 0 Å². The zero-order chi connectivity index (χ0) is 13.2. The molecule has 0 radical (unpaired) electrons. The van der Waals surface area contributed by atoms with Gasteiger partial charge in [0.25, 0.3) is 0 Å². The molecule has 2 N–H and O–H groups in total. The summed E-state index contributed by atoms with van der Waals surface area (Å²) in [6.45, 7) is 3.81. The van der Waals surface area contributed by atoms with Gasteiger partial charge in [0, 0.05) is 18.1 Å². The van der Waals surface area contributed by atoms with Crippen LogP contribution in [0.15, 0.2) is 36.5 Å². The molecule has 0 spiro atoms. The maximum Gasteiger partial charge on any atom is 0.323 e. The van der Waals surface area contributed by atoms with Crippen LogP contribution in [0.1, 0.15) is 19.4 Å². The number of rotatable bonds is 4. The fourth-order valence-electron chi connectivity index (χ4n) is 1.70. The monoisotopic (exact) mass is 244 g/mol. The second-order valence-electron chi connectivity index (χ2n) is 4.77. The third kappa shape index (κ3) is 2.49. The molecule has 18 heavy (non-hydrogen) atoms. The van der Waals surface area contributed by atoms with E-state index in [4.69, 9.17) is 5.11 Å². The third-order valence-corrected chi connectivity index (χ3v) is 2.99. The van der Waals surface area contributed by atoms with E-state index in [-0.39, 0.29) is 0 Å². The summed E-state index contributed by atoms with van der Waals surface area (Å²) in [7, 11) is 0. The Labute approximate surface area is 106 Å². The van der Waals surface area contributed by atoms with E-state index < -0.39 is 11.5 Å². The molecule has 0 saturated carbocycles. The quantitative estimate of drug-likeness (QED) is 0.865. The molecule has 4 nitrogen and oxygen atoms in total. The Morgan fingerprint density at radius 1 is 1.33 bits per heavy atom. The molecule has 2 rings (SSSR count). The number of carboxylic acid groups (broad SMARTS) is 1. The standard InChI is InChI=1S/C14H16N2O2/c1-14(2,13(17)18)16-9-10-7-8-15-12-6-4-3-5-11(10)12/h3-8,16H,9H2,1-2H3,(H,17,18). The predicted octanol–water partition coefficient (Wildman–Crippen LogP) is 2.19. The minimum absolute atomic E-state index is 0.502. The van der Waals surface area contributed by atoms with E-state index in [0.717, 1.165) is 16.5 Å². The molecule has 0 aliphatic carbocycles. The molecule has 0 unspecified atom stereocenters. The van der Waals surface area contributed by atoms with Crippen LogP contribution in [0.5, 0.6) is 0 Å². The van der Waals surface area contributed by atoms with E-state index in [1.807, 2.05) is 30.3 Å². The van der Waals surface area contributed by atoms with Crippen molar-refractivity contribution in [3.05, 3.63) is 42.1 Å². The largest absolute Gasteiger partial charge is 0.480 e. The highest BCUT2D eigenvalue weighted by atomic mass is 16.4. The zero-order valence-electron chi connectivity index (χ0n) is 10.5. The second-order valence-corrected chi connectivity index (χ2v) is 4.77. The van der Waals surface area contributed by atoms with Gasteiger partial charge in [-0.3, -0.25) is 15.1 Å².